The molecule has 0 bridgehead atoms. The molecule has 0 aliphatic heterocycles. The van der Waals surface area contributed by atoms with Crippen LogP contribution in [0.1, 0.15) is 19.8 Å². The Kier molecular flexibility index (Phi) is 3.94. The summed E-state index contributed by atoms with van der Waals surface area (Å²) in [7, 11) is 0. The third-order valence-corrected chi connectivity index (χ3v) is 3.37. The predicted molar refractivity (Wildman–Crippen MR) is 73.5 cm³/mol. The molecule has 0 spiro atoms. The normalized spacial score (nSPS) is 17.1. The zero-order valence-electron chi connectivity index (χ0n) is 11.3. The van der Waals surface area contributed by atoms with Crippen molar-refractivity contribution < 1.29 is 19.4 Å². The summed E-state index contributed by atoms with van der Waals surface area (Å²) in [6.45, 7) is 1.30. The molecular weight excluding hydrogens is 260 g/mol. The number of aliphatic carboxylic acids is 1. The molecule has 1 fully saturated rings. The van der Waals surface area contributed by atoms with Gasteiger partial charge in [0.05, 0.1) is 5.54 Å². The van der Waals surface area contributed by atoms with Gasteiger partial charge in [-0.05, 0) is 37.8 Å². The van der Waals surface area contributed by atoms with E-state index in [1.807, 2.05) is 0 Å². The zero-order chi connectivity index (χ0) is 14.8. The Morgan fingerprint density at radius 1 is 1.50 bits per heavy atom. The number of benzene rings is 1. The second-order valence-electron chi connectivity index (χ2n) is 5.22. The van der Waals surface area contributed by atoms with Crippen molar-refractivity contribution in [3.8, 4) is 5.75 Å². The van der Waals surface area contributed by atoms with E-state index in [0.29, 0.717) is 11.4 Å². The van der Waals surface area contributed by atoms with Gasteiger partial charge in [-0.2, -0.15) is 0 Å². The fourth-order valence-corrected chi connectivity index (χ4v) is 1.94. The molecule has 0 radical (unpaired) electrons. The number of hydrogen-bond donors (Lipinski definition) is 3. The molecule has 1 aromatic rings. The van der Waals surface area contributed by atoms with Crippen LogP contribution in [0.2, 0.25) is 0 Å². The predicted octanol–water partition coefficient (Wildman–Crippen LogP) is 1.22. The standard InChI is InChI=1S/C14H18N2O4/c1-14(15,9-5-6-9)13(19)16-10-3-2-4-11(7-10)20-8-12(17)18/h2-4,7,9H,5-6,8,15H2,1H3,(H,16,19)(H,17,18). The zero-order valence-corrected chi connectivity index (χ0v) is 11.3. The van der Waals surface area contributed by atoms with Gasteiger partial charge in [0.1, 0.15) is 5.75 Å². The molecule has 6 heteroatoms. The highest BCUT2D eigenvalue weighted by molar-refractivity contribution is 5.98. The molecule has 1 amide bonds. The van der Waals surface area contributed by atoms with Crippen molar-refractivity contribution in [2.24, 2.45) is 11.7 Å². The number of rotatable bonds is 6. The number of carbonyl (C=O) groups is 2. The largest absolute Gasteiger partial charge is 0.482 e. The molecule has 2 rings (SSSR count). The van der Waals surface area contributed by atoms with Gasteiger partial charge in [-0.15, -0.1) is 0 Å². The summed E-state index contributed by atoms with van der Waals surface area (Å²) >= 11 is 0. The fourth-order valence-electron chi connectivity index (χ4n) is 1.94. The summed E-state index contributed by atoms with van der Waals surface area (Å²) < 4.78 is 5.05. The van der Waals surface area contributed by atoms with E-state index >= 15 is 0 Å². The quantitative estimate of drug-likeness (QED) is 0.726. The molecule has 0 heterocycles. The Morgan fingerprint density at radius 2 is 2.20 bits per heavy atom. The van der Waals surface area contributed by atoms with E-state index in [0.717, 1.165) is 12.8 Å². The Balaban J connectivity index is 2.00. The summed E-state index contributed by atoms with van der Waals surface area (Å²) in [5.74, 6) is -0.678. The Bertz CT molecular complexity index is 524. The molecule has 6 nitrogen and oxygen atoms in total. The third kappa shape index (κ3) is 3.48. The van der Waals surface area contributed by atoms with Crippen LogP contribution in [0, 0.1) is 5.92 Å². The second kappa shape index (κ2) is 5.50. The number of carboxylic acids is 1. The molecule has 1 aliphatic rings. The topological polar surface area (TPSA) is 102 Å². The number of carboxylic acid groups (broad SMARTS) is 1. The summed E-state index contributed by atoms with van der Waals surface area (Å²) in [5.41, 5.74) is 5.69. The number of carbonyl (C=O) groups excluding carboxylic acids is 1. The summed E-state index contributed by atoms with van der Waals surface area (Å²) in [5, 5.41) is 11.3. The lowest BCUT2D eigenvalue weighted by Crippen LogP contribution is -2.50. The molecular formula is C14H18N2O4. The highest BCUT2D eigenvalue weighted by Gasteiger charge is 2.44. The van der Waals surface area contributed by atoms with Gasteiger partial charge in [-0.3, -0.25) is 4.79 Å². The van der Waals surface area contributed by atoms with Crippen LogP contribution < -0.4 is 15.8 Å². The number of amides is 1. The number of nitrogens with two attached hydrogens (primary N) is 1. The van der Waals surface area contributed by atoms with Crippen molar-refractivity contribution in [3.05, 3.63) is 24.3 Å². The minimum Gasteiger partial charge on any atom is -0.482 e. The minimum atomic E-state index is -1.05. The van der Waals surface area contributed by atoms with Gasteiger partial charge in [0.25, 0.3) is 0 Å². The lowest BCUT2D eigenvalue weighted by atomic mass is 9.96. The van der Waals surface area contributed by atoms with Gasteiger partial charge in [0.15, 0.2) is 6.61 Å². The highest BCUT2D eigenvalue weighted by atomic mass is 16.5. The lowest BCUT2D eigenvalue weighted by Gasteiger charge is -2.23. The number of nitrogens with one attached hydrogen (secondary N) is 1. The minimum absolute atomic E-state index is 0.231. The fraction of sp³-hybridized carbons (Fsp3) is 0.429. The Labute approximate surface area is 116 Å². The van der Waals surface area contributed by atoms with Crippen LogP contribution in [-0.2, 0) is 9.59 Å². The van der Waals surface area contributed by atoms with Crippen LogP contribution in [0.5, 0.6) is 5.75 Å². The molecule has 4 N–H and O–H groups in total. The summed E-state index contributed by atoms with van der Waals surface area (Å²) in [6.07, 6.45) is 1.95. The third-order valence-electron chi connectivity index (χ3n) is 3.37. The van der Waals surface area contributed by atoms with Crippen LogP contribution in [0.4, 0.5) is 5.69 Å². The van der Waals surface area contributed by atoms with Crippen molar-refractivity contribution in [3.63, 3.8) is 0 Å². The molecule has 108 valence electrons. The van der Waals surface area contributed by atoms with E-state index in [9.17, 15) is 9.59 Å². The van der Waals surface area contributed by atoms with E-state index in [2.05, 4.69) is 5.32 Å². The smallest absolute Gasteiger partial charge is 0.341 e. The Hall–Kier alpha value is -2.08. The van der Waals surface area contributed by atoms with E-state index < -0.39 is 18.1 Å². The monoisotopic (exact) mass is 278 g/mol. The highest BCUT2D eigenvalue weighted by Crippen LogP contribution is 2.38. The van der Waals surface area contributed by atoms with Crippen LogP contribution in [0.25, 0.3) is 0 Å². The first-order valence-corrected chi connectivity index (χ1v) is 6.44. The van der Waals surface area contributed by atoms with Crippen molar-refractivity contribution in [2.45, 2.75) is 25.3 Å². The van der Waals surface area contributed by atoms with E-state index in [1.54, 1.807) is 31.2 Å². The summed E-state index contributed by atoms with van der Waals surface area (Å²) in [6, 6.07) is 6.58. The van der Waals surface area contributed by atoms with Gasteiger partial charge < -0.3 is 20.9 Å². The number of anilines is 1. The van der Waals surface area contributed by atoms with Gasteiger partial charge in [0, 0.05) is 11.8 Å². The van der Waals surface area contributed by atoms with Crippen molar-refractivity contribution in [1.82, 2.24) is 0 Å². The Morgan fingerprint density at radius 3 is 2.80 bits per heavy atom. The van der Waals surface area contributed by atoms with Gasteiger partial charge in [0.2, 0.25) is 5.91 Å². The van der Waals surface area contributed by atoms with Gasteiger partial charge in [-0.25, -0.2) is 4.79 Å². The van der Waals surface area contributed by atoms with E-state index in [1.165, 1.54) is 0 Å². The van der Waals surface area contributed by atoms with E-state index in [-0.39, 0.29) is 11.8 Å². The maximum absolute atomic E-state index is 12.1. The first-order chi connectivity index (χ1) is 9.39. The van der Waals surface area contributed by atoms with Crippen LogP contribution >= 0.6 is 0 Å². The number of hydrogen-bond acceptors (Lipinski definition) is 4. The SMILES string of the molecule is CC(N)(C(=O)Nc1cccc(OCC(=O)O)c1)C1CC1. The first kappa shape index (κ1) is 14.3. The van der Waals surface area contributed by atoms with Gasteiger partial charge in [-0.1, -0.05) is 6.07 Å². The number of ether oxygens (including phenoxy) is 1. The molecule has 1 aromatic carbocycles. The molecule has 1 saturated carbocycles. The van der Waals surface area contributed by atoms with Crippen LogP contribution in [0.15, 0.2) is 24.3 Å². The first-order valence-electron chi connectivity index (χ1n) is 6.44. The second-order valence-corrected chi connectivity index (χ2v) is 5.22. The summed E-state index contributed by atoms with van der Waals surface area (Å²) in [4.78, 5) is 22.6. The lowest BCUT2D eigenvalue weighted by molar-refractivity contribution is -0.139. The molecule has 0 aromatic heterocycles. The van der Waals surface area contributed by atoms with Crippen LogP contribution in [0.3, 0.4) is 0 Å². The molecule has 1 unspecified atom stereocenters. The van der Waals surface area contributed by atoms with Crippen LogP contribution in [-0.4, -0.2) is 29.1 Å². The van der Waals surface area contributed by atoms with Gasteiger partial charge >= 0.3 is 5.97 Å². The van der Waals surface area contributed by atoms with Crippen molar-refractivity contribution in [1.29, 1.82) is 0 Å². The van der Waals surface area contributed by atoms with Crippen molar-refractivity contribution in [2.75, 3.05) is 11.9 Å². The average molecular weight is 278 g/mol. The molecule has 20 heavy (non-hydrogen) atoms. The molecule has 0 saturated heterocycles. The maximum atomic E-state index is 12.1. The molecule has 1 atom stereocenters. The molecule has 1 aliphatic carbocycles. The average Bonchev–Trinajstić information content (AvgIpc) is 3.21. The van der Waals surface area contributed by atoms with E-state index in [4.69, 9.17) is 15.6 Å². The van der Waals surface area contributed by atoms with Crippen molar-refractivity contribution >= 4 is 17.6 Å². The maximum Gasteiger partial charge on any atom is 0.341 e.